The molecule has 1 saturated heterocycles. The maximum Gasteiger partial charge on any atom is 0.490 e. The topological polar surface area (TPSA) is 79.5 Å². The largest absolute Gasteiger partial charge is 0.490 e. The van der Waals surface area contributed by atoms with Gasteiger partial charge in [-0.05, 0) is 31.2 Å². The van der Waals surface area contributed by atoms with Crippen LogP contribution in [0.3, 0.4) is 0 Å². The monoisotopic (exact) mass is 363 g/mol. The van der Waals surface area contributed by atoms with Crippen LogP contribution < -0.4 is 0 Å². The van der Waals surface area contributed by atoms with Crippen molar-refractivity contribution < 1.29 is 27.6 Å². The molecule has 6 nitrogen and oxygen atoms in total. The van der Waals surface area contributed by atoms with E-state index in [1.165, 1.54) is 32.1 Å². The normalized spacial score (nSPS) is 21.2. The van der Waals surface area contributed by atoms with Crippen LogP contribution >= 0.6 is 0 Å². The van der Waals surface area contributed by atoms with E-state index in [0.717, 1.165) is 31.3 Å². The maximum absolute atomic E-state index is 10.6. The predicted octanol–water partition coefficient (Wildman–Crippen LogP) is 3.59. The average Bonchev–Trinajstić information content (AvgIpc) is 3.20. The van der Waals surface area contributed by atoms with E-state index in [9.17, 15) is 13.2 Å². The van der Waals surface area contributed by atoms with Gasteiger partial charge in [-0.25, -0.2) is 4.79 Å². The minimum atomic E-state index is -5.08. The zero-order valence-corrected chi connectivity index (χ0v) is 14.5. The van der Waals surface area contributed by atoms with Gasteiger partial charge in [0.2, 0.25) is 5.89 Å². The number of aromatic nitrogens is 2. The summed E-state index contributed by atoms with van der Waals surface area (Å²) in [5.41, 5.74) is 0.439. The molecule has 142 valence electrons. The third-order valence-corrected chi connectivity index (χ3v) is 4.56. The molecule has 1 N–H and O–H groups in total. The molecule has 1 saturated carbocycles. The van der Waals surface area contributed by atoms with E-state index in [2.05, 4.69) is 28.9 Å². The lowest BCUT2D eigenvalue weighted by Gasteiger charge is -2.17. The number of carbonyl (C=O) groups is 1. The molecule has 2 heterocycles. The van der Waals surface area contributed by atoms with Crippen molar-refractivity contribution in [2.75, 3.05) is 13.1 Å². The first-order valence-electron chi connectivity index (χ1n) is 8.42. The van der Waals surface area contributed by atoms with Crippen molar-refractivity contribution >= 4 is 5.97 Å². The number of halogens is 3. The summed E-state index contributed by atoms with van der Waals surface area (Å²) in [5.74, 6) is -0.458. The number of carboxylic acids is 1. The number of hydrogen-bond donors (Lipinski definition) is 1. The van der Waals surface area contributed by atoms with Gasteiger partial charge in [0.1, 0.15) is 0 Å². The minimum absolute atomic E-state index is 0.439. The smallest absolute Gasteiger partial charge is 0.475 e. The van der Waals surface area contributed by atoms with Gasteiger partial charge < -0.3 is 9.63 Å². The van der Waals surface area contributed by atoms with E-state index < -0.39 is 12.1 Å². The molecule has 1 aliphatic carbocycles. The van der Waals surface area contributed by atoms with Crippen LogP contribution in [0, 0.1) is 5.41 Å². The zero-order valence-electron chi connectivity index (χ0n) is 14.5. The van der Waals surface area contributed by atoms with Gasteiger partial charge in [-0.15, -0.1) is 0 Å². The molecule has 0 amide bonds. The molecule has 3 rings (SSSR count). The van der Waals surface area contributed by atoms with Crippen molar-refractivity contribution in [1.82, 2.24) is 15.0 Å². The SMILES string of the molecule is CC1(C)CCN(Cc2nc(C3CCCC3)no2)C1.O=C(O)C(F)(F)F. The van der Waals surface area contributed by atoms with Gasteiger partial charge in [-0.3, -0.25) is 4.90 Å². The van der Waals surface area contributed by atoms with Crippen LogP contribution in [0.25, 0.3) is 0 Å². The Balaban J connectivity index is 0.000000277. The number of hydrogen-bond acceptors (Lipinski definition) is 5. The van der Waals surface area contributed by atoms with Crippen molar-refractivity contribution in [1.29, 1.82) is 0 Å². The second-order valence-corrected chi connectivity index (χ2v) is 7.46. The van der Waals surface area contributed by atoms with Crippen molar-refractivity contribution in [2.24, 2.45) is 5.41 Å². The quantitative estimate of drug-likeness (QED) is 0.884. The number of nitrogens with zero attached hydrogens (tertiary/aromatic N) is 3. The Morgan fingerprint density at radius 2 is 1.96 bits per heavy atom. The van der Waals surface area contributed by atoms with Crippen molar-refractivity contribution in [3.8, 4) is 0 Å². The Kier molecular flexibility index (Phi) is 6.08. The van der Waals surface area contributed by atoms with Crippen LogP contribution in [0.2, 0.25) is 0 Å². The van der Waals surface area contributed by atoms with Gasteiger partial charge in [-0.1, -0.05) is 31.8 Å². The molecule has 0 aromatic carbocycles. The first-order valence-corrected chi connectivity index (χ1v) is 8.42. The number of likely N-dealkylation sites (tertiary alicyclic amines) is 1. The van der Waals surface area contributed by atoms with E-state index in [0.29, 0.717) is 11.3 Å². The van der Waals surface area contributed by atoms with E-state index in [4.69, 9.17) is 14.4 Å². The minimum Gasteiger partial charge on any atom is -0.475 e. The first-order chi connectivity index (χ1) is 11.6. The van der Waals surface area contributed by atoms with Crippen LogP contribution in [0.1, 0.15) is 63.6 Å². The van der Waals surface area contributed by atoms with Gasteiger partial charge in [0, 0.05) is 12.5 Å². The molecule has 0 atom stereocenters. The number of rotatable bonds is 3. The molecule has 0 bridgehead atoms. The Bertz CT molecular complexity index is 581. The molecule has 25 heavy (non-hydrogen) atoms. The fraction of sp³-hybridized carbons (Fsp3) is 0.812. The fourth-order valence-electron chi connectivity index (χ4n) is 3.23. The van der Waals surface area contributed by atoms with Gasteiger partial charge in [0.05, 0.1) is 6.54 Å². The van der Waals surface area contributed by atoms with Crippen LogP contribution in [-0.2, 0) is 11.3 Å². The standard InChI is InChI=1S/C14H23N3O.C2HF3O2/c1-14(2)7-8-17(10-14)9-12-15-13(16-18-12)11-5-3-4-6-11;3-2(4,5)1(6)7/h11H,3-10H2,1-2H3;(H,6,7). The summed E-state index contributed by atoms with van der Waals surface area (Å²) in [6.07, 6.45) is 1.27. The molecule has 1 aliphatic heterocycles. The Morgan fingerprint density at radius 1 is 1.36 bits per heavy atom. The highest BCUT2D eigenvalue weighted by Crippen LogP contribution is 2.33. The number of aliphatic carboxylic acids is 1. The van der Waals surface area contributed by atoms with Crippen LogP contribution in [0.4, 0.5) is 13.2 Å². The summed E-state index contributed by atoms with van der Waals surface area (Å²) in [5, 5.41) is 11.3. The second kappa shape index (κ2) is 7.72. The van der Waals surface area contributed by atoms with Crippen LogP contribution in [-0.4, -0.2) is 45.4 Å². The van der Waals surface area contributed by atoms with Gasteiger partial charge in [0.25, 0.3) is 0 Å². The lowest BCUT2D eigenvalue weighted by molar-refractivity contribution is -0.192. The number of alkyl halides is 3. The van der Waals surface area contributed by atoms with E-state index >= 15 is 0 Å². The highest BCUT2D eigenvalue weighted by Gasteiger charge is 2.38. The Morgan fingerprint density at radius 3 is 2.44 bits per heavy atom. The second-order valence-electron chi connectivity index (χ2n) is 7.46. The summed E-state index contributed by atoms with van der Waals surface area (Å²) in [7, 11) is 0. The molecule has 2 aliphatic rings. The summed E-state index contributed by atoms with van der Waals surface area (Å²) in [4.78, 5) is 15.9. The van der Waals surface area contributed by atoms with E-state index in [1.54, 1.807) is 0 Å². The van der Waals surface area contributed by atoms with Gasteiger partial charge >= 0.3 is 12.1 Å². The molecule has 2 fully saturated rings. The van der Waals surface area contributed by atoms with Crippen LogP contribution in [0.15, 0.2) is 4.52 Å². The summed E-state index contributed by atoms with van der Waals surface area (Å²) < 4.78 is 37.1. The third kappa shape index (κ3) is 5.98. The van der Waals surface area contributed by atoms with Gasteiger partial charge in [-0.2, -0.15) is 18.2 Å². The molecule has 1 aromatic rings. The summed E-state index contributed by atoms with van der Waals surface area (Å²) in [6, 6.07) is 0. The lowest BCUT2D eigenvalue weighted by Crippen LogP contribution is -2.23. The Hall–Kier alpha value is -1.64. The van der Waals surface area contributed by atoms with Crippen molar-refractivity contribution in [3.05, 3.63) is 11.7 Å². The molecule has 0 radical (unpaired) electrons. The summed E-state index contributed by atoms with van der Waals surface area (Å²) >= 11 is 0. The maximum atomic E-state index is 10.6. The molecule has 1 aromatic heterocycles. The predicted molar refractivity (Wildman–Crippen MR) is 82.9 cm³/mol. The number of carboxylic acid groups (broad SMARTS) is 1. The molecular formula is C16H24F3N3O3. The average molecular weight is 363 g/mol. The van der Waals surface area contributed by atoms with Gasteiger partial charge in [0.15, 0.2) is 5.82 Å². The van der Waals surface area contributed by atoms with E-state index in [1.807, 2.05) is 0 Å². The molecule has 0 spiro atoms. The molecule has 9 heteroatoms. The van der Waals surface area contributed by atoms with Crippen molar-refractivity contribution in [3.63, 3.8) is 0 Å². The molecule has 0 unspecified atom stereocenters. The molecular weight excluding hydrogens is 339 g/mol. The fourth-order valence-corrected chi connectivity index (χ4v) is 3.23. The highest BCUT2D eigenvalue weighted by molar-refractivity contribution is 5.73. The zero-order chi connectivity index (χ0) is 18.7. The Labute approximate surface area is 144 Å². The lowest BCUT2D eigenvalue weighted by atomic mass is 9.93. The highest BCUT2D eigenvalue weighted by atomic mass is 19.4. The third-order valence-electron chi connectivity index (χ3n) is 4.56. The summed E-state index contributed by atoms with van der Waals surface area (Å²) in [6.45, 7) is 7.75. The van der Waals surface area contributed by atoms with E-state index in [-0.39, 0.29) is 0 Å². The van der Waals surface area contributed by atoms with Crippen molar-refractivity contribution in [2.45, 2.75) is 64.6 Å². The first kappa shape index (κ1) is 19.7. The van der Waals surface area contributed by atoms with Crippen LogP contribution in [0.5, 0.6) is 0 Å².